The minimum Gasteiger partial charge on any atom is -0.468 e. The monoisotopic (exact) mass is 198 g/mol. The van der Waals surface area contributed by atoms with E-state index in [1.807, 2.05) is 0 Å². The van der Waals surface area contributed by atoms with Crippen LogP contribution in [-0.2, 0) is 9.53 Å². The third-order valence-electron chi connectivity index (χ3n) is 3.64. The quantitative estimate of drug-likeness (QED) is 0.626. The number of nitrogens with two attached hydrogens (primary N) is 1. The lowest BCUT2D eigenvalue weighted by molar-refractivity contribution is -0.145. The number of carbonyl (C=O) groups excluding carboxylic acids is 1. The van der Waals surface area contributed by atoms with Crippen molar-refractivity contribution in [2.75, 3.05) is 26.7 Å². The van der Waals surface area contributed by atoms with Crippen LogP contribution in [0.4, 0.5) is 0 Å². The molecule has 0 aromatic carbocycles. The van der Waals surface area contributed by atoms with Gasteiger partial charge in [0.2, 0.25) is 0 Å². The van der Waals surface area contributed by atoms with Gasteiger partial charge in [0, 0.05) is 12.5 Å². The van der Waals surface area contributed by atoms with E-state index in [0.717, 1.165) is 6.54 Å². The zero-order valence-electron chi connectivity index (χ0n) is 8.61. The van der Waals surface area contributed by atoms with Gasteiger partial charge in [-0.2, -0.15) is 0 Å². The standard InChI is InChI=1S/C10H18N2O2/c1-14-10(13)9(11)8-6-12-4-2-7(8)3-5-12/h7-9H,2-6,11H2,1H3/t8-,9+/m0/s1. The predicted molar refractivity (Wildman–Crippen MR) is 52.6 cm³/mol. The third kappa shape index (κ3) is 1.64. The summed E-state index contributed by atoms with van der Waals surface area (Å²) < 4.78 is 4.69. The first kappa shape index (κ1) is 9.93. The molecule has 3 saturated heterocycles. The van der Waals surface area contributed by atoms with E-state index in [0.29, 0.717) is 11.8 Å². The fourth-order valence-corrected chi connectivity index (χ4v) is 2.73. The van der Waals surface area contributed by atoms with Gasteiger partial charge in [-0.3, -0.25) is 4.79 Å². The van der Waals surface area contributed by atoms with E-state index in [4.69, 9.17) is 10.5 Å². The van der Waals surface area contributed by atoms with Crippen molar-refractivity contribution in [3.8, 4) is 0 Å². The molecule has 3 aliphatic rings. The molecule has 14 heavy (non-hydrogen) atoms. The lowest BCUT2D eigenvalue weighted by atomic mass is 9.75. The molecule has 2 N–H and O–H groups in total. The van der Waals surface area contributed by atoms with Crippen molar-refractivity contribution in [1.29, 1.82) is 0 Å². The molecule has 4 heteroatoms. The maximum atomic E-state index is 11.3. The second-order valence-corrected chi connectivity index (χ2v) is 4.35. The average Bonchev–Trinajstić information content (AvgIpc) is 2.28. The SMILES string of the molecule is COC(=O)[C@H](N)[C@H]1CN2CCC1CC2. The minimum atomic E-state index is -0.423. The first-order valence-electron chi connectivity index (χ1n) is 5.28. The summed E-state index contributed by atoms with van der Waals surface area (Å²) in [5, 5.41) is 0. The zero-order chi connectivity index (χ0) is 10.1. The molecule has 3 fully saturated rings. The second-order valence-electron chi connectivity index (χ2n) is 4.35. The number of piperidine rings is 3. The van der Waals surface area contributed by atoms with Gasteiger partial charge < -0.3 is 15.4 Å². The molecule has 3 aliphatic heterocycles. The lowest BCUT2D eigenvalue weighted by Gasteiger charge is -2.46. The van der Waals surface area contributed by atoms with Crippen molar-refractivity contribution in [1.82, 2.24) is 4.90 Å². The normalized spacial score (nSPS) is 38.0. The van der Waals surface area contributed by atoms with Gasteiger partial charge in [-0.1, -0.05) is 0 Å². The first-order valence-corrected chi connectivity index (χ1v) is 5.28. The van der Waals surface area contributed by atoms with E-state index in [1.54, 1.807) is 0 Å². The first-order chi connectivity index (χ1) is 6.72. The van der Waals surface area contributed by atoms with Crippen LogP contribution in [0.25, 0.3) is 0 Å². The molecule has 3 rings (SSSR count). The van der Waals surface area contributed by atoms with Gasteiger partial charge in [0.1, 0.15) is 6.04 Å². The van der Waals surface area contributed by atoms with Crippen LogP contribution in [0.2, 0.25) is 0 Å². The highest BCUT2D eigenvalue weighted by Crippen LogP contribution is 2.33. The Morgan fingerprint density at radius 1 is 1.50 bits per heavy atom. The molecular weight excluding hydrogens is 180 g/mol. The second kappa shape index (κ2) is 3.87. The molecule has 0 spiro atoms. The van der Waals surface area contributed by atoms with Crippen LogP contribution < -0.4 is 5.73 Å². The maximum absolute atomic E-state index is 11.3. The Morgan fingerprint density at radius 3 is 2.57 bits per heavy atom. The molecule has 80 valence electrons. The summed E-state index contributed by atoms with van der Waals surface area (Å²) in [6.45, 7) is 3.32. The van der Waals surface area contributed by atoms with Crippen molar-refractivity contribution < 1.29 is 9.53 Å². The van der Waals surface area contributed by atoms with Crippen LogP contribution in [-0.4, -0.2) is 43.7 Å². The van der Waals surface area contributed by atoms with Crippen LogP contribution in [0.15, 0.2) is 0 Å². The smallest absolute Gasteiger partial charge is 0.322 e. The van der Waals surface area contributed by atoms with Crippen LogP contribution in [0, 0.1) is 11.8 Å². The summed E-state index contributed by atoms with van der Waals surface area (Å²) in [4.78, 5) is 13.7. The predicted octanol–water partition coefficient (Wildman–Crippen LogP) is -0.171. The minimum absolute atomic E-state index is 0.260. The fourth-order valence-electron chi connectivity index (χ4n) is 2.73. The molecule has 0 radical (unpaired) electrons. The third-order valence-corrected chi connectivity index (χ3v) is 3.64. The Bertz CT molecular complexity index is 224. The molecule has 4 nitrogen and oxygen atoms in total. The maximum Gasteiger partial charge on any atom is 0.322 e. The van der Waals surface area contributed by atoms with E-state index in [1.165, 1.54) is 33.0 Å². The highest BCUT2D eigenvalue weighted by Gasteiger charge is 2.39. The summed E-state index contributed by atoms with van der Waals surface area (Å²) in [7, 11) is 1.41. The Morgan fingerprint density at radius 2 is 2.14 bits per heavy atom. The molecule has 2 atom stereocenters. The zero-order valence-corrected chi connectivity index (χ0v) is 8.61. The van der Waals surface area contributed by atoms with Crippen LogP contribution in [0.3, 0.4) is 0 Å². The highest BCUT2D eigenvalue weighted by molar-refractivity contribution is 5.75. The average molecular weight is 198 g/mol. The summed E-state index contributed by atoms with van der Waals surface area (Å²) in [6.07, 6.45) is 2.38. The van der Waals surface area contributed by atoms with Crippen molar-refractivity contribution in [3.05, 3.63) is 0 Å². The Kier molecular flexibility index (Phi) is 2.74. The summed E-state index contributed by atoms with van der Waals surface area (Å²) in [5.74, 6) is 0.683. The van der Waals surface area contributed by atoms with E-state index in [9.17, 15) is 4.79 Å². The van der Waals surface area contributed by atoms with Crippen molar-refractivity contribution >= 4 is 5.97 Å². The number of nitrogens with zero attached hydrogens (tertiary/aromatic N) is 1. The van der Waals surface area contributed by atoms with Crippen LogP contribution in [0.5, 0.6) is 0 Å². The van der Waals surface area contributed by atoms with Gasteiger partial charge in [0.05, 0.1) is 7.11 Å². The molecule has 0 saturated carbocycles. The number of hydrogen-bond donors (Lipinski definition) is 1. The van der Waals surface area contributed by atoms with Crippen LogP contribution >= 0.6 is 0 Å². The largest absolute Gasteiger partial charge is 0.468 e. The van der Waals surface area contributed by atoms with Crippen molar-refractivity contribution in [3.63, 3.8) is 0 Å². The molecule has 0 aliphatic carbocycles. The molecule has 0 aromatic heterocycles. The van der Waals surface area contributed by atoms with Gasteiger partial charge >= 0.3 is 5.97 Å². The summed E-state index contributed by atoms with van der Waals surface area (Å²) in [6, 6.07) is -0.423. The molecular formula is C10H18N2O2. The highest BCUT2D eigenvalue weighted by atomic mass is 16.5. The van der Waals surface area contributed by atoms with E-state index in [2.05, 4.69) is 4.90 Å². The number of rotatable bonds is 2. The van der Waals surface area contributed by atoms with Gasteiger partial charge in [-0.25, -0.2) is 0 Å². The van der Waals surface area contributed by atoms with Crippen LogP contribution in [0.1, 0.15) is 12.8 Å². The fraction of sp³-hybridized carbons (Fsp3) is 0.900. The van der Waals surface area contributed by atoms with Crippen molar-refractivity contribution in [2.45, 2.75) is 18.9 Å². The number of methoxy groups -OCH3 is 1. The molecule has 2 bridgehead atoms. The summed E-state index contributed by atoms with van der Waals surface area (Å²) >= 11 is 0. The van der Waals surface area contributed by atoms with E-state index >= 15 is 0 Å². The van der Waals surface area contributed by atoms with Crippen molar-refractivity contribution in [2.24, 2.45) is 17.6 Å². The lowest BCUT2D eigenvalue weighted by Crippen LogP contribution is -2.55. The number of hydrogen-bond acceptors (Lipinski definition) is 4. The Labute approximate surface area is 84.4 Å². The molecule has 0 aromatic rings. The Balaban J connectivity index is 2.01. The van der Waals surface area contributed by atoms with Gasteiger partial charge in [-0.15, -0.1) is 0 Å². The number of esters is 1. The molecule has 0 unspecified atom stereocenters. The molecule has 0 amide bonds. The topological polar surface area (TPSA) is 55.6 Å². The van der Waals surface area contributed by atoms with Gasteiger partial charge in [-0.05, 0) is 31.8 Å². The van der Waals surface area contributed by atoms with Gasteiger partial charge in [0.15, 0.2) is 0 Å². The van der Waals surface area contributed by atoms with E-state index < -0.39 is 6.04 Å². The summed E-state index contributed by atoms with van der Waals surface area (Å²) in [5.41, 5.74) is 5.89. The number of ether oxygens (including phenoxy) is 1. The number of fused-ring (bicyclic) bond motifs is 3. The molecule has 3 heterocycles. The number of carbonyl (C=O) groups is 1. The van der Waals surface area contributed by atoms with E-state index in [-0.39, 0.29) is 5.97 Å². The Hall–Kier alpha value is -0.610. The van der Waals surface area contributed by atoms with Gasteiger partial charge in [0.25, 0.3) is 0 Å².